The van der Waals surface area contributed by atoms with E-state index in [4.69, 9.17) is 10.5 Å². The average Bonchev–Trinajstić information content (AvgIpc) is 2.25. The Labute approximate surface area is 112 Å². The van der Waals surface area contributed by atoms with Crippen molar-refractivity contribution in [1.82, 2.24) is 5.32 Å². The van der Waals surface area contributed by atoms with Gasteiger partial charge in [0.1, 0.15) is 5.75 Å². The maximum absolute atomic E-state index is 11.6. The number of carbonyl (C=O) groups is 2. The standard InChI is InChI=1S/C13H19N3O3/c1-13(2,3)16-12(18)15-9-4-6-10(7-5-9)19-8-11(14)17/h4-7H,8H2,1-3H3,(H2,14,17)(H2,15,16,18). The number of urea groups is 1. The quantitative estimate of drug-likeness (QED) is 0.769. The SMILES string of the molecule is CC(C)(C)NC(=O)Nc1ccc(OCC(N)=O)cc1. The molecule has 0 atom stereocenters. The van der Waals surface area contributed by atoms with Crippen LogP contribution in [0.3, 0.4) is 0 Å². The molecule has 0 aliphatic rings. The van der Waals surface area contributed by atoms with Crippen molar-refractivity contribution in [3.8, 4) is 5.75 Å². The zero-order chi connectivity index (χ0) is 14.5. The third-order valence-corrected chi connectivity index (χ3v) is 1.98. The normalized spacial score (nSPS) is 10.7. The van der Waals surface area contributed by atoms with Gasteiger partial charge in [0, 0.05) is 11.2 Å². The topological polar surface area (TPSA) is 93.4 Å². The summed E-state index contributed by atoms with van der Waals surface area (Å²) < 4.78 is 5.11. The highest BCUT2D eigenvalue weighted by Gasteiger charge is 2.13. The van der Waals surface area contributed by atoms with E-state index in [9.17, 15) is 9.59 Å². The summed E-state index contributed by atoms with van der Waals surface area (Å²) in [6.45, 7) is 5.52. The van der Waals surface area contributed by atoms with Gasteiger partial charge in [0.05, 0.1) is 0 Å². The summed E-state index contributed by atoms with van der Waals surface area (Å²) in [5.41, 5.74) is 5.30. The van der Waals surface area contributed by atoms with Gasteiger partial charge in [-0.15, -0.1) is 0 Å². The second-order valence-corrected chi connectivity index (χ2v) is 5.11. The Bertz CT molecular complexity index is 449. The number of nitrogens with two attached hydrogens (primary N) is 1. The summed E-state index contributed by atoms with van der Waals surface area (Å²) in [4.78, 5) is 22.2. The van der Waals surface area contributed by atoms with Crippen LogP contribution in [-0.2, 0) is 4.79 Å². The molecule has 1 aromatic rings. The lowest BCUT2D eigenvalue weighted by Gasteiger charge is -2.20. The maximum Gasteiger partial charge on any atom is 0.319 e. The van der Waals surface area contributed by atoms with Crippen LogP contribution in [0, 0.1) is 0 Å². The molecule has 0 aromatic heterocycles. The third kappa shape index (κ3) is 6.30. The van der Waals surface area contributed by atoms with Gasteiger partial charge < -0.3 is 21.1 Å². The second-order valence-electron chi connectivity index (χ2n) is 5.11. The molecule has 6 heteroatoms. The number of primary amides is 1. The first kappa shape index (κ1) is 14.8. The zero-order valence-electron chi connectivity index (χ0n) is 11.3. The van der Waals surface area contributed by atoms with E-state index in [1.54, 1.807) is 24.3 Å². The number of hydrogen-bond acceptors (Lipinski definition) is 3. The van der Waals surface area contributed by atoms with E-state index in [2.05, 4.69) is 10.6 Å². The minimum atomic E-state index is -0.535. The van der Waals surface area contributed by atoms with E-state index >= 15 is 0 Å². The number of amides is 3. The molecule has 6 nitrogen and oxygen atoms in total. The Balaban J connectivity index is 2.52. The lowest BCUT2D eigenvalue weighted by molar-refractivity contribution is -0.119. The minimum Gasteiger partial charge on any atom is -0.484 e. The molecule has 19 heavy (non-hydrogen) atoms. The molecule has 0 aliphatic carbocycles. The molecular weight excluding hydrogens is 246 g/mol. The van der Waals surface area contributed by atoms with Crippen molar-refractivity contribution >= 4 is 17.6 Å². The summed E-state index contributed by atoms with van der Waals surface area (Å²) >= 11 is 0. The first-order valence-corrected chi connectivity index (χ1v) is 5.86. The lowest BCUT2D eigenvalue weighted by Crippen LogP contribution is -2.43. The number of nitrogens with one attached hydrogen (secondary N) is 2. The van der Waals surface area contributed by atoms with Crippen LogP contribution >= 0.6 is 0 Å². The van der Waals surface area contributed by atoms with Gasteiger partial charge in [-0.1, -0.05) is 0 Å². The van der Waals surface area contributed by atoms with Crippen molar-refractivity contribution in [2.45, 2.75) is 26.3 Å². The second kappa shape index (κ2) is 6.08. The molecular formula is C13H19N3O3. The molecule has 0 aliphatic heterocycles. The van der Waals surface area contributed by atoms with E-state index in [-0.39, 0.29) is 18.2 Å². The van der Waals surface area contributed by atoms with Gasteiger partial charge in [-0.2, -0.15) is 0 Å². The molecule has 1 rings (SSSR count). The van der Waals surface area contributed by atoms with Gasteiger partial charge in [-0.05, 0) is 45.0 Å². The summed E-state index contributed by atoms with van der Waals surface area (Å²) in [6, 6.07) is 6.38. The predicted octanol–water partition coefficient (Wildman–Crippen LogP) is 1.47. The monoisotopic (exact) mass is 265 g/mol. The van der Waals surface area contributed by atoms with E-state index in [0.29, 0.717) is 11.4 Å². The van der Waals surface area contributed by atoms with Gasteiger partial charge in [0.15, 0.2) is 6.61 Å². The van der Waals surface area contributed by atoms with Crippen LogP contribution in [0.15, 0.2) is 24.3 Å². The highest BCUT2D eigenvalue weighted by Crippen LogP contribution is 2.15. The first-order chi connectivity index (χ1) is 8.76. The molecule has 0 radical (unpaired) electrons. The fraction of sp³-hybridized carbons (Fsp3) is 0.385. The number of ether oxygens (including phenoxy) is 1. The molecule has 104 valence electrons. The van der Waals surface area contributed by atoms with Gasteiger partial charge in [0.2, 0.25) is 0 Å². The summed E-state index contributed by atoms with van der Waals surface area (Å²) in [5.74, 6) is -0.0210. The van der Waals surface area contributed by atoms with Crippen LogP contribution in [0.1, 0.15) is 20.8 Å². The van der Waals surface area contributed by atoms with Crippen molar-refractivity contribution in [2.75, 3.05) is 11.9 Å². The Hall–Kier alpha value is -2.24. The van der Waals surface area contributed by atoms with Crippen molar-refractivity contribution in [3.05, 3.63) is 24.3 Å². The Morgan fingerprint density at radius 2 is 1.79 bits per heavy atom. The van der Waals surface area contributed by atoms with Crippen molar-refractivity contribution in [3.63, 3.8) is 0 Å². The first-order valence-electron chi connectivity index (χ1n) is 5.86. The van der Waals surface area contributed by atoms with E-state index in [1.807, 2.05) is 20.8 Å². The molecule has 0 bridgehead atoms. The van der Waals surface area contributed by atoms with Crippen LogP contribution in [0.4, 0.5) is 10.5 Å². The summed E-state index contributed by atoms with van der Waals surface area (Å²) in [7, 11) is 0. The fourth-order valence-electron chi connectivity index (χ4n) is 1.29. The largest absolute Gasteiger partial charge is 0.484 e. The van der Waals surface area contributed by atoms with Crippen LogP contribution in [0.5, 0.6) is 5.75 Å². The lowest BCUT2D eigenvalue weighted by atomic mass is 10.1. The van der Waals surface area contributed by atoms with Crippen molar-refractivity contribution in [1.29, 1.82) is 0 Å². The number of rotatable bonds is 4. The minimum absolute atomic E-state index is 0.169. The third-order valence-electron chi connectivity index (χ3n) is 1.98. The van der Waals surface area contributed by atoms with Gasteiger partial charge in [0.25, 0.3) is 5.91 Å². The number of anilines is 1. The number of carbonyl (C=O) groups excluding carboxylic acids is 2. The molecule has 0 saturated carbocycles. The van der Waals surface area contributed by atoms with Crippen LogP contribution in [0.2, 0.25) is 0 Å². The Morgan fingerprint density at radius 1 is 1.21 bits per heavy atom. The zero-order valence-corrected chi connectivity index (χ0v) is 11.3. The summed E-state index contributed by atoms with van der Waals surface area (Å²) in [5, 5.41) is 5.47. The predicted molar refractivity (Wildman–Crippen MR) is 73.0 cm³/mol. The van der Waals surface area contributed by atoms with Crippen LogP contribution < -0.4 is 21.1 Å². The smallest absolute Gasteiger partial charge is 0.319 e. The van der Waals surface area contributed by atoms with E-state index in [1.165, 1.54) is 0 Å². The van der Waals surface area contributed by atoms with Gasteiger partial charge in [-0.3, -0.25) is 4.79 Å². The van der Waals surface area contributed by atoms with Crippen molar-refractivity contribution < 1.29 is 14.3 Å². The van der Waals surface area contributed by atoms with Gasteiger partial charge in [-0.25, -0.2) is 4.79 Å². The molecule has 3 amide bonds. The van der Waals surface area contributed by atoms with E-state index in [0.717, 1.165) is 0 Å². The van der Waals surface area contributed by atoms with Crippen LogP contribution in [0.25, 0.3) is 0 Å². The molecule has 0 spiro atoms. The molecule has 1 aromatic carbocycles. The molecule has 0 saturated heterocycles. The molecule has 4 N–H and O–H groups in total. The molecule has 0 fully saturated rings. The molecule has 0 unspecified atom stereocenters. The highest BCUT2D eigenvalue weighted by molar-refractivity contribution is 5.89. The molecule has 0 heterocycles. The maximum atomic E-state index is 11.6. The van der Waals surface area contributed by atoms with Crippen LogP contribution in [-0.4, -0.2) is 24.1 Å². The fourth-order valence-corrected chi connectivity index (χ4v) is 1.29. The summed E-state index contributed by atoms with van der Waals surface area (Å²) in [6.07, 6.45) is 0. The van der Waals surface area contributed by atoms with E-state index < -0.39 is 5.91 Å². The average molecular weight is 265 g/mol. The van der Waals surface area contributed by atoms with Crippen molar-refractivity contribution in [2.24, 2.45) is 5.73 Å². The highest BCUT2D eigenvalue weighted by atomic mass is 16.5. The Morgan fingerprint density at radius 3 is 2.26 bits per heavy atom. The Kier molecular flexibility index (Phi) is 4.74. The van der Waals surface area contributed by atoms with Gasteiger partial charge >= 0.3 is 6.03 Å². The number of benzene rings is 1. The number of hydrogen-bond donors (Lipinski definition) is 3.